The summed E-state index contributed by atoms with van der Waals surface area (Å²) in [7, 11) is 0. The Balaban J connectivity index is 1.65. The fourth-order valence-electron chi connectivity index (χ4n) is 2.86. The summed E-state index contributed by atoms with van der Waals surface area (Å²) in [6, 6.07) is 10.8. The smallest absolute Gasteiger partial charge is 0.0682 e. The molecule has 2 aliphatic rings. The first-order valence-electron chi connectivity index (χ1n) is 6.50. The van der Waals surface area contributed by atoms with E-state index in [2.05, 4.69) is 59.2 Å². The van der Waals surface area contributed by atoms with Crippen molar-refractivity contribution in [3.05, 3.63) is 30.3 Å². The van der Waals surface area contributed by atoms with Crippen molar-refractivity contribution in [1.29, 1.82) is 0 Å². The predicted octanol–water partition coefficient (Wildman–Crippen LogP) is 2.71. The minimum atomic E-state index is 0.380. The van der Waals surface area contributed by atoms with E-state index in [-0.39, 0.29) is 0 Å². The lowest BCUT2D eigenvalue weighted by molar-refractivity contribution is 0.397. The predicted molar refractivity (Wildman–Crippen MR) is 75.7 cm³/mol. The molecule has 0 aromatic heterocycles. The van der Waals surface area contributed by atoms with Crippen LogP contribution in [0, 0.1) is 0 Å². The molecule has 1 spiro atoms. The van der Waals surface area contributed by atoms with Crippen LogP contribution in [0.3, 0.4) is 0 Å². The zero-order chi connectivity index (χ0) is 11.7. The summed E-state index contributed by atoms with van der Waals surface area (Å²) >= 11 is 2.15. The fourth-order valence-corrected chi connectivity index (χ4v) is 4.38. The maximum Gasteiger partial charge on any atom is 0.0682 e. The van der Waals surface area contributed by atoms with Gasteiger partial charge in [-0.1, -0.05) is 25.1 Å². The summed E-state index contributed by atoms with van der Waals surface area (Å²) in [6.07, 6.45) is 2.52. The molecule has 2 aliphatic heterocycles. The second kappa shape index (κ2) is 4.54. The third-order valence-electron chi connectivity index (χ3n) is 3.83. The third kappa shape index (κ3) is 2.31. The largest absolute Gasteiger partial charge is 0.371 e. The van der Waals surface area contributed by atoms with Crippen molar-refractivity contribution in [3.8, 4) is 0 Å². The van der Waals surface area contributed by atoms with Gasteiger partial charge in [-0.15, -0.1) is 11.8 Å². The highest BCUT2D eigenvalue weighted by molar-refractivity contribution is 8.01. The van der Waals surface area contributed by atoms with Crippen LogP contribution in [0.15, 0.2) is 30.3 Å². The lowest BCUT2D eigenvalue weighted by Gasteiger charge is -2.40. The van der Waals surface area contributed by atoms with Crippen molar-refractivity contribution >= 4 is 17.4 Å². The molecule has 3 heteroatoms. The van der Waals surface area contributed by atoms with Gasteiger partial charge in [0.25, 0.3) is 0 Å². The van der Waals surface area contributed by atoms with Crippen LogP contribution in [0.4, 0.5) is 5.69 Å². The number of anilines is 1. The number of para-hydroxylation sites is 1. The van der Waals surface area contributed by atoms with Crippen LogP contribution >= 0.6 is 11.8 Å². The van der Waals surface area contributed by atoms with Crippen LogP contribution in [-0.2, 0) is 0 Å². The Morgan fingerprint density at radius 1 is 1.24 bits per heavy atom. The van der Waals surface area contributed by atoms with Gasteiger partial charge in [0, 0.05) is 30.6 Å². The van der Waals surface area contributed by atoms with Crippen molar-refractivity contribution in [2.45, 2.75) is 29.9 Å². The first-order chi connectivity index (χ1) is 8.27. The number of nitrogens with one attached hydrogen (secondary N) is 1. The van der Waals surface area contributed by atoms with Gasteiger partial charge in [0.15, 0.2) is 0 Å². The van der Waals surface area contributed by atoms with E-state index in [0.717, 1.165) is 5.25 Å². The molecule has 92 valence electrons. The van der Waals surface area contributed by atoms with Crippen molar-refractivity contribution < 1.29 is 0 Å². The van der Waals surface area contributed by atoms with Gasteiger partial charge < -0.3 is 10.2 Å². The van der Waals surface area contributed by atoms with E-state index < -0.39 is 0 Å². The highest BCUT2D eigenvalue weighted by atomic mass is 32.2. The van der Waals surface area contributed by atoms with E-state index in [4.69, 9.17) is 0 Å². The molecule has 1 atom stereocenters. The summed E-state index contributed by atoms with van der Waals surface area (Å²) in [5.74, 6) is 0. The summed E-state index contributed by atoms with van der Waals surface area (Å²) in [5, 5.41) is 4.51. The van der Waals surface area contributed by atoms with Crippen molar-refractivity contribution in [1.82, 2.24) is 5.32 Å². The van der Waals surface area contributed by atoms with E-state index in [9.17, 15) is 0 Å². The molecule has 2 fully saturated rings. The van der Waals surface area contributed by atoms with Crippen LogP contribution in [-0.4, -0.2) is 29.8 Å². The van der Waals surface area contributed by atoms with Gasteiger partial charge in [0.2, 0.25) is 0 Å². The second-order valence-electron chi connectivity index (χ2n) is 5.13. The number of thioether (sulfide) groups is 1. The molecule has 0 radical (unpaired) electrons. The van der Waals surface area contributed by atoms with Gasteiger partial charge in [-0.25, -0.2) is 0 Å². The number of piperidine rings is 1. The number of hydrogen-bond donors (Lipinski definition) is 1. The molecule has 17 heavy (non-hydrogen) atoms. The van der Waals surface area contributed by atoms with Gasteiger partial charge in [-0.3, -0.25) is 0 Å². The highest BCUT2D eigenvalue weighted by Gasteiger charge is 2.40. The quantitative estimate of drug-likeness (QED) is 0.822. The zero-order valence-electron chi connectivity index (χ0n) is 10.4. The summed E-state index contributed by atoms with van der Waals surface area (Å²) in [5.41, 5.74) is 1.37. The minimum Gasteiger partial charge on any atom is -0.371 e. The first-order valence-corrected chi connectivity index (χ1v) is 7.38. The maximum atomic E-state index is 3.73. The SMILES string of the molecule is CC1CNC2(CCN(c3ccccc3)CC2)S1. The Labute approximate surface area is 108 Å². The Morgan fingerprint density at radius 3 is 2.53 bits per heavy atom. The maximum absolute atomic E-state index is 3.73. The number of rotatable bonds is 1. The Kier molecular flexibility index (Phi) is 3.05. The normalized spacial score (nSPS) is 27.6. The molecule has 0 aliphatic carbocycles. The molecule has 2 heterocycles. The van der Waals surface area contributed by atoms with Crippen LogP contribution in [0.1, 0.15) is 19.8 Å². The van der Waals surface area contributed by atoms with Crippen LogP contribution in [0.25, 0.3) is 0 Å². The van der Waals surface area contributed by atoms with Crippen LogP contribution < -0.4 is 10.2 Å². The molecule has 0 saturated carbocycles. The van der Waals surface area contributed by atoms with E-state index >= 15 is 0 Å². The summed E-state index contributed by atoms with van der Waals surface area (Å²) in [4.78, 5) is 2.89. The highest BCUT2D eigenvalue weighted by Crippen LogP contribution is 2.41. The van der Waals surface area contributed by atoms with Gasteiger partial charge in [-0.2, -0.15) is 0 Å². The molecular weight excluding hydrogens is 228 g/mol. The number of hydrogen-bond acceptors (Lipinski definition) is 3. The molecule has 1 N–H and O–H groups in total. The van der Waals surface area contributed by atoms with Crippen LogP contribution in [0.5, 0.6) is 0 Å². The molecule has 1 aromatic carbocycles. The number of nitrogens with zero attached hydrogens (tertiary/aromatic N) is 1. The zero-order valence-corrected chi connectivity index (χ0v) is 11.2. The summed E-state index contributed by atoms with van der Waals surface area (Å²) < 4.78 is 0. The second-order valence-corrected chi connectivity index (χ2v) is 6.95. The minimum absolute atomic E-state index is 0.380. The molecule has 1 aromatic rings. The summed E-state index contributed by atoms with van der Waals surface area (Å²) in [6.45, 7) is 5.86. The molecule has 2 saturated heterocycles. The standard InChI is InChI=1S/C14H20N2S/c1-12-11-15-14(17-12)7-9-16(10-8-14)13-5-3-2-4-6-13/h2-6,12,15H,7-11H2,1H3. The Morgan fingerprint density at radius 2 is 1.94 bits per heavy atom. The van der Waals surface area contributed by atoms with Gasteiger partial charge in [-0.05, 0) is 25.0 Å². The monoisotopic (exact) mass is 248 g/mol. The average Bonchev–Trinajstić information content (AvgIpc) is 2.73. The van der Waals surface area contributed by atoms with Gasteiger partial charge >= 0.3 is 0 Å². The van der Waals surface area contributed by atoms with E-state index in [1.165, 1.54) is 38.2 Å². The first kappa shape index (κ1) is 11.4. The number of benzene rings is 1. The van der Waals surface area contributed by atoms with Crippen molar-refractivity contribution in [3.63, 3.8) is 0 Å². The van der Waals surface area contributed by atoms with E-state index in [0.29, 0.717) is 4.87 Å². The lowest BCUT2D eigenvalue weighted by atomic mass is 10.0. The molecule has 0 bridgehead atoms. The molecule has 2 nitrogen and oxygen atoms in total. The molecule has 1 unspecified atom stereocenters. The van der Waals surface area contributed by atoms with Gasteiger partial charge in [0.05, 0.1) is 4.87 Å². The Hall–Kier alpha value is -0.670. The average molecular weight is 248 g/mol. The molecule has 3 rings (SSSR count). The van der Waals surface area contributed by atoms with Crippen molar-refractivity contribution in [2.75, 3.05) is 24.5 Å². The molecular formula is C14H20N2S. The molecule has 0 amide bonds. The lowest BCUT2D eigenvalue weighted by Crippen LogP contribution is -2.48. The van der Waals surface area contributed by atoms with E-state index in [1.807, 2.05) is 0 Å². The van der Waals surface area contributed by atoms with Crippen LogP contribution in [0.2, 0.25) is 0 Å². The Bertz CT molecular complexity index is 371. The topological polar surface area (TPSA) is 15.3 Å². The fraction of sp³-hybridized carbons (Fsp3) is 0.571. The van der Waals surface area contributed by atoms with E-state index in [1.54, 1.807) is 0 Å². The van der Waals surface area contributed by atoms with Crippen molar-refractivity contribution in [2.24, 2.45) is 0 Å². The third-order valence-corrected chi connectivity index (χ3v) is 5.40. The van der Waals surface area contributed by atoms with Gasteiger partial charge in [0.1, 0.15) is 0 Å².